The van der Waals surface area contributed by atoms with Gasteiger partial charge in [-0.3, -0.25) is 0 Å². The van der Waals surface area contributed by atoms with Crippen LogP contribution >= 0.6 is 11.6 Å². The first kappa shape index (κ1) is 8.37. The van der Waals surface area contributed by atoms with Crippen molar-refractivity contribution < 1.29 is 4.74 Å². The number of hydrogen-bond donors (Lipinski definition) is 1. The SMILES string of the molecule is NCc1cccc(OCCl)c1. The van der Waals surface area contributed by atoms with Crippen LogP contribution < -0.4 is 10.5 Å². The minimum Gasteiger partial charge on any atom is -0.478 e. The molecule has 0 aliphatic rings. The lowest BCUT2D eigenvalue weighted by atomic mass is 10.2. The lowest BCUT2D eigenvalue weighted by molar-refractivity contribution is 0.387. The van der Waals surface area contributed by atoms with Crippen LogP contribution in [-0.2, 0) is 6.54 Å². The Bertz CT molecular complexity index is 227. The Kier molecular flexibility index (Phi) is 3.20. The number of benzene rings is 1. The maximum atomic E-state index is 5.43. The van der Waals surface area contributed by atoms with Crippen LogP contribution in [0.2, 0.25) is 0 Å². The number of nitrogens with two attached hydrogens (primary N) is 1. The van der Waals surface area contributed by atoms with E-state index < -0.39 is 0 Å². The molecule has 1 aromatic rings. The average Bonchev–Trinajstić information content (AvgIpc) is 2.06. The van der Waals surface area contributed by atoms with E-state index >= 15 is 0 Å². The molecule has 0 heterocycles. The van der Waals surface area contributed by atoms with Gasteiger partial charge in [-0.1, -0.05) is 23.7 Å². The minimum atomic E-state index is 0.175. The van der Waals surface area contributed by atoms with Crippen molar-refractivity contribution in [2.24, 2.45) is 5.73 Å². The molecule has 2 nitrogen and oxygen atoms in total. The van der Waals surface area contributed by atoms with Crippen molar-refractivity contribution in [2.75, 3.05) is 6.07 Å². The van der Waals surface area contributed by atoms with Crippen molar-refractivity contribution in [3.8, 4) is 5.75 Å². The van der Waals surface area contributed by atoms with Crippen LogP contribution in [0.15, 0.2) is 24.3 Å². The fourth-order valence-corrected chi connectivity index (χ4v) is 0.951. The summed E-state index contributed by atoms with van der Waals surface area (Å²) in [4.78, 5) is 0. The van der Waals surface area contributed by atoms with Crippen LogP contribution in [0.1, 0.15) is 5.56 Å². The van der Waals surface area contributed by atoms with Gasteiger partial charge in [-0.25, -0.2) is 0 Å². The van der Waals surface area contributed by atoms with Gasteiger partial charge in [0.2, 0.25) is 0 Å². The summed E-state index contributed by atoms with van der Waals surface area (Å²) in [6.45, 7) is 0.527. The first-order chi connectivity index (χ1) is 5.36. The molecule has 60 valence electrons. The van der Waals surface area contributed by atoms with E-state index in [1.54, 1.807) is 0 Å². The molecule has 0 radical (unpaired) electrons. The highest BCUT2D eigenvalue weighted by atomic mass is 35.5. The van der Waals surface area contributed by atoms with Gasteiger partial charge in [-0.2, -0.15) is 0 Å². The number of rotatable bonds is 3. The number of halogens is 1. The van der Waals surface area contributed by atoms with E-state index in [0.29, 0.717) is 6.54 Å². The Morgan fingerprint density at radius 3 is 2.91 bits per heavy atom. The predicted octanol–water partition coefficient (Wildman–Crippen LogP) is 1.72. The molecule has 0 aliphatic heterocycles. The molecule has 0 bridgehead atoms. The molecular weight excluding hydrogens is 162 g/mol. The van der Waals surface area contributed by atoms with Gasteiger partial charge in [-0.15, -0.1) is 0 Å². The molecule has 0 saturated heterocycles. The first-order valence-electron chi connectivity index (χ1n) is 3.34. The highest BCUT2D eigenvalue weighted by molar-refractivity contribution is 6.17. The van der Waals surface area contributed by atoms with E-state index in [1.165, 1.54) is 0 Å². The second-order valence-corrected chi connectivity index (χ2v) is 2.32. The van der Waals surface area contributed by atoms with Crippen LogP contribution in [0.25, 0.3) is 0 Å². The van der Waals surface area contributed by atoms with Gasteiger partial charge in [0.1, 0.15) is 5.75 Å². The van der Waals surface area contributed by atoms with E-state index in [2.05, 4.69) is 0 Å². The molecule has 1 rings (SSSR count). The van der Waals surface area contributed by atoms with Crippen molar-refractivity contribution in [3.63, 3.8) is 0 Å². The standard InChI is InChI=1S/C8H10ClNO/c9-6-11-8-3-1-2-7(4-8)5-10/h1-4H,5-6,10H2. The van der Waals surface area contributed by atoms with E-state index in [9.17, 15) is 0 Å². The second-order valence-electron chi connectivity index (χ2n) is 2.10. The summed E-state index contributed by atoms with van der Waals surface area (Å²) in [7, 11) is 0. The van der Waals surface area contributed by atoms with Crippen LogP contribution in [0, 0.1) is 0 Å². The van der Waals surface area contributed by atoms with Crippen molar-refractivity contribution in [3.05, 3.63) is 29.8 Å². The van der Waals surface area contributed by atoms with Gasteiger partial charge in [0, 0.05) is 6.54 Å². The molecule has 1 aromatic carbocycles. The van der Waals surface area contributed by atoms with Crippen LogP contribution in [0.4, 0.5) is 0 Å². The van der Waals surface area contributed by atoms with Crippen LogP contribution in [0.5, 0.6) is 5.75 Å². The zero-order valence-corrected chi connectivity index (χ0v) is 6.84. The molecule has 0 spiro atoms. The third-order valence-electron chi connectivity index (χ3n) is 1.36. The van der Waals surface area contributed by atoms with Crippen LogP contribution in [-0.4, -0.2) is 6.07 Å². The average molecular weight is 172 g/mol. The predicted molar refractivity (Wildman–Crippen MR) is 45.7 cm³/mol. The Labute approximate surface area is 70.9 Å². The molecule has 0 amide bonds. The lowest BCUT2D eigenvalue weighted by Gasteiger charge is -2.02. The summed E-state index contributed by atoms with van der Waals surface area (Å²) in [5.41, 5.74) is 6.48. The summed E-state index contributed by atoms with van der Waals surface area (Å²) in [6, 6.07) is 7.74. The summed E-state index contributed by atoms with van der Waals surface area (Å²) in [6.07, 6.45) is 0. The van der Waals surface area contributed by atoms with Gasteiger partial charge < -0.3 is 10.5 Å². The highest BCUT2D eigenvalue weighted by Gasteiger charge is 1.92. The summed E-state index contributed by atoms with van der Waals surface area (Å²) < 4.78 is 5.06. The van der Waals surface area contributed by atoms with E-state index in [1.807, 2.05) is 24.3 Å². The number of ether oxygens (including phenoxy) is 1. The Hall–Kier alpha value is -0.730. The van der Waals surface area contributed by atoms with Crippen LogP contribution in [0.3, 0.4) is 0 Å². The smallest absolute Gasteiger partial charge is 0.162 e. The third kappa shape index (κ3) is 2.41. The van der Waals surface area contributed by atoms with Gasteiger partial charge in [-0.05, 0) is 17.7 Å². The fourth-order valence-electron chi connectivity index (χ4n) is 0.825. The van der Waals surface area contributed by atoms with Gasteiger partial charge in [0.05, 0.1) is 0 Å². The highest BCUT2D eigenvalue weighted by Crippen LogP contribution is 2.12. The van der Waals surface area contributed by atoms with E-state index in [0.717, 1.165) is 11.3 Å². The van der Waals surface area contributed by atoms with E-state index in [4.69, 9.17) is 22.1 Å². The molecule has 0 aliphatic carbocycles. The third-order valence-corrected chi connectivity index (χ3v) is 1.46. The summed E-state index contributed by atoms with van der Waals surface area (Å²) in [5.74, 6) is 0.767. The first-order valence-corrected chi connectivity index (χ1v) is 3.88. The summed E-state index contributed by atoms with van der Waals surface area (Å²) in [5, 5.41) is 0. The molecule has 0 atom stereocenters. The maximum Gasteiger partial charge on any atom is 0.162 e. The van der Waals surface area contributed by atoms with Crippen molar-refractivity contribution in [2.45, 2.75) is 6.54 Å². The van der Waals surface area contributed by atoms with E-state index in [-0.39, 0.29) is 6.07 Å². The number of hydrogen-bond acceptors (Lipinski definition) is 2. The normalized spacial score (nSPS) is 9.64. The largest absolute Gasteiger partial charge is 0.478 e. The van der Waals surface area contributed by atoms with Crippen molar-refractivity contribution >= 4 is 11.6 Å². The maximum absolute atomic E-state index is 5.43. The zero-order chi connectivity index (χ0) is 8.10. The summed E-state index contributed by atoms with van der Waals surface area (Å²) >= 11 is 5.38. The zero-order valence-electron chi connectivity index (χ0n) is 6.09. The Balaban J connectivity index is 2.74. The minimum absolute atomic E-state index is 0.175. The monoisotopic (exact) mass is 171 g/mol. The second kappa shape index (κ2) is 4.21. The number of alkyl halides is 1. The molecule has 11 heavy (non-hydrogen) atoms. The Morgan fingerprint density at radius 1 is 1.45 bits per heavy atom. The quantitative estimate of drug-likeness (QED) is 0.703. The Morgan fingerprint density at radius 2 is 2.27 bits per heavy atom. The molecule has 0 unspecified atom stereocenters. The molecule has 2 N–H and O–H groups in total. The van der Waals surface area contributed by atoms with Gasteiger partial charge in [0.15, 0.2) is 6.07 Å². The molecular formula is C8H10ClNO. The molecule has 0 saturated carbocycles. The van der Waals surface area contributed by atoms with Gasteiger partial charge >= 0.3 is 0 Å². The molecule has 0 aromatic heterocycles. The van der Waals surface area contributed by atoms with Crippen molar-refractivity contribution in [1.82, 2.24) is 0 Å². The van der Waals surface area contributed by atoms with Crippen molar-refractivity contribution in [1.29, 1.82) is 0 Å². The molecule has 3 heteroatoms. The fraction of sp³-hybridized carbons (Fsp3) is 0.250. The lowest BCUT2D eigenvalue weighted by Crippen LogP contribution is -1.96. The topological polar surface area (TPSA) is 35.2 Å². The molecule has 0 fully saturated rings. The van der Waals surface area contributed by atoms with Gasteiger partial charge in [0.25, 0.3) is 0 Å².